The summed E-state index contributed by atoms with van der Waals surface area (Å²) in [7, 11) is 0. The summed E-state index contributed by atoms with van der Waals surface area (Å²) >= 11 is 0. The van der Waals surface area contributed by atoms with Gasteiger partial charge in [-0.2, -0.15) is 18.3 Å². The second kappa shape index (κ2) is 4.92. The van der Waals surface area contributed by atoms with E-state index in [0.717, 1.165) is 25.5 Å². The fourth-order valence-electron chi connectivity index (χ4n) is 0.997. The highest BCUT2D eigenvalue weighted by atomic mass is 19.4. The number of rotatable bonds is 0. The van der Waals surface area contributed by atoms with Crippen molar-refractivity contribution in [1.29, 1.82) is 0 Å². The Labute approximate surface area is 88.1 Å². The first-order chi connectivity index (χ1) is 7.41. The van der Waals surface area contributed by atoms with Crippen molar-refractivity contribution >= 4 is 5.97 Å². The smallest absolute Gasteiger partial charge is 0.475 e. The van der Waals surface area contributed by atoms with Gasteiger partial charge in [-0.05, 0) is 0 Å². The zero-order valence-electron chi connectivity index (χ0n) is 8.03. The van der Waals surface area contributed by atoms with Gasteiger partial charge in [-0.1, -0.05) is 0 Å². The molecule has 0 saturated heterocycles. The van der Waals surface area contributed by atoms with E-state index in [0.29, 0.717) is 0 Å². The molecule has 9 heteroatoms. The van der Waals surface area contributed by atoms with Crippen molar-refractivity contribution < 1.29 is 23.1 Å². The van der Waals surface area contributed by atoms with E-state index < -0.39 is 12.1 Å². The lowest BCUT2D eigenvalue weighted by molar-refractivity contribution is -0.192. The zero-order chi connectivity index (χ0) is 12.2. The van der Waals surface area contributed by atoms with Gasteiger partial charge in [0, 0.05) is 6.54 Å². The Morgan fingerprint density at radius 1 is 1.56 bits per heavy atom. The summed E-state index contributed by atoms with van der Waals surface area (Å²) in [4.78, 5) is 12.9. The number of nitrogens with one attached hydrogen (secondary N) is 1. The van der Waals surface area contributed by atoms with Crippen LogP contribution in [0.1, 0.15) is 5.82 Å². The summed E-state index contributed by atoms with van der Waals surface area (Å²) in [6.45, 7) is 2.83. The lowest BCUT2D eigenvalue weighted by Gasteiger charge is -2.11. The molecule has 0 fully saturated rings. The molecular formula is C7H9F3N4O2. The Balaban J connectivity index is 0.000000168. The third kappa shape index (κ3) is 3.50. The molecular weight excluding hydrogens is 229 g/mol. The van der Waals surface area contributed by atoms with Gasteiger partial charge >= 0.3 is 12.1 Å². The minimum absolute atomic E-state index is 0.861. The number of halogens is 3. The maximum Gasteiger partial charge on any atom is 0.490 e. The molecule has 0 saturated carbocycles. The molecule has 2 rings (SSSR count). The first kappa shape index (κ1) is 12.4. The number of hydrogen-bond donors (Lipinski definition) is 2. The number of hydrogen-bond acceptors (Lipinski definition) is 4. The first-order valence-corrected chi connectivity index (χ1v) is 4.29. The molecule has 2 N–H and O–H groups in total. The lowest BCUT2D eigenvalue weighted by Crippen LogP contribution is -2.28. The van der Waals surface area contributed by atoms with Crippen molar-refractivity contribution in [3.8, 4) is 0 Å². The third-order valence-electron chi connectivity index (χ3n) is 1.72. The van der Waals surface area contributed by atoms with Gasteiger partial charge in [-0.25, -0.2) is 14.5 Å². The second-order valence-electron chi connectivity index (χ2n) is 2.88. The van der Waals surface area contributed by atoms with Gasteiger partial charge in [-0.3, -0.25) is 0 Å². The molecule has 0 radical (unpaired) electrons. The molecule has 0 aliphatic carbocycles. The minimum Gasteiger partial charge on any atom is -0.475 e. The molecule has 90 valence electrons. The van der Waals surface area contributed by atoms with Gasteiger partial charge in [0.15, 0.2) is 0 Å². The average molecular weight is 238 g/mol. The number of aromatic nitrogens is 3. The Bertz CT molecular complexity index is 342. The van der Waals surface area contributed by atoms with E-state index in [-0.39, 0.29) is 0 Å². The number of nitrogens with zero attached hydrogens (tertiary/aromatic N) is 3. The molecule has 1 aromatic rings. The molecule has 0 aromatic carbocycles. The van der Waals surface area contributed by atoms with Crippen molar-refractivity contribution in [2.24, 2.45) is 0 Å². The van der Waals surface area contributed by atoms with Crippen LogP contribution in [0.15, 0.2) is 6.33 Å². The van der Waals surface area contributed by atoms with E-state index in [9.17, 15) is 13.2 Å². The number of fused-ring (bicyclic) bond motifs is 1. The highest BCUT2D eigenvalue weighted by molar-refractivity contribution is 5.73. The van der Waals surface area contributed by atoms with Crippen LogP contribution < -0.4 is 5.32 Å². The number of carboxylic acids is 1. The van der Waals surface area contributed by atoms with Crippen LogP contribution in [0.3, 0.4) is 0 Å². The summed E-state index contributed by atoms with van der Waals surface area (Å²) in [5.41, 5.74) is 0. The van der Waals surface area contributed by atoms with Crippen LogP contribution in [0.2, 0.25) is 0 Å². The van der Waals surface area contributed by atoms with E-state index in [1.807, 2.05) is 4.68 Å². The van der Waals surface area contributed by atoms with Crippen LogP contribution in [-0.4, -0.2) is 38.6 Å². The van der Waals surface area contributed by atoms with Crippen LogP contribution in [0, 0.1) is 0 Å². The lowest BCUT2D eigenvalue weighted by atomic mass is 10.4. The molecule has 0 amide bonds. The maximum absolute atomic E-state index is 10.6. The maximum atomic E-state index is 10.6. The SMILES string of the molecule is O=C(O)C(F)(F)F.c1nc2n(n1)CCNC2. The van der Waals surface area contributed by atoms with Gasteiger partial charge < -0.3 is 10.4 Å². The Morgan fingerprint density at radius 2 is 2.19 bits per heavy atom. The van der Waals surface area contributed by atoms with Gasteiger partial charge in [0.2, 0.25) is 0 Å². The van der Waals surface area contributed by atoms with Crippen LogP contribution >= 0.6 is 0 Å². The first-order valence-electron chi connectivity index (χ1n) is 4.29. The number of carboxylic acid groups (broad SMARTS) is 1. The summed E-state index contributed by atoms with van der Waals surface area (Å²) in [6, 6.07) is 0. The molecule has 16 heavy (non-hydrogen) atoms. The summed E-state index contributed by atoms with van der Waals surface area (Å²) in [5.74, 6) is -1.71. The normalized spacial score (nSPS) is 14.7. The fourth-order valence-corrected chi connectivity index (χ4v) is 0.997. The molecule has 0 bridgehead atoms. The van der Waals surface area contributed by atoms with Crippen LogP contribution in [-0.2, 0) is 17.9 Å². The number of aliphatic carboxylic acids is 1. The Hall–Kier alpha value is -1.64. The van der Waals surface area contributed by atoms with Crippen LogP contribution in [0.5, 0.6) is 0 Å². The third-order valence-corrected chi connectivity index (χ3v) is 1.72. The van der Waals surface area contributed by atoms with E-state index >= 15 is 0 Å². The van der Waals surface area contributed by atoms with Crippen LogP contribution in [0.4, 0.5) is 13.2 Å². The van der Waals surface area contributed by atoms with E-state index in [4.69, 9.17) is 9.90 Å². The van der Waals surface area contributed by atoms with Gasteiger partial charge in [-0.15, -0.1) is 0 Å². The van der Waals surface area contributed by atoms with Crippen molar-refractivity contribution in [1.82, 2.24) is 20.1 Å². The van der Waals surface area contributed by atoms with E-state index in [2.05, 4.69) is 15.4 Å². The fraction of sp³-hybridized carbons (Fsp3) is 0.571. The summed E-state index contributed by atoms with van der Waals surface area (Å²) in [5, 5.41) is 14.4. The molecule has 1 aliphatic rings. The van der Waals surface area contributed by atoms with Crippen LogP contribution in [0.25, 0.3) is 0 Å². The van der Waals surface area contributed by atoms with Gasteiger partial charge in [0.05, 0.1) is 13.1 Å². The van der Waals surface area contributed by atoms with Crippen molar-refractivity contribution in [3.05, 3.63) is 12.2 Å². The highest BCUT2D eigenvalue weighted by Gasteiger charge is 2.38. The van der Waals surface area contributed by atoms with E-state index in [1.165, 1.54) is 0 Å². The van der Waals surface area contributed by atoms with Gasteiger partial charge in [0.25, 0.3) is 0 Å². The van der Waals surface area contributed by atoms with Crippen molar-refractivity contribution in [2.45, 2.75) is 19.3 Å². The molecule has 1 aromatic heterocycles. The monoisotopic (exact) mass is 238 g/mol. The molecule has 0 atom stereocenters. The second-order valence-corrected chi connectivity index (χ2v) is 2.88. The minimum atomic E-state index is -5.08. The summed E-state index contributed by atoms with van der Waals surface area (Å²) in [6.07, 6.45) is -3.48. The molecule has 2 heterocycles. The topological polar surface area (TPSA) is 80.0 Å². The predicted molar refractivity (Wildman–Crippen MR) is 45.4 cm³/mol. The van der Waals surface area contributed by atoms with Gasteiger partial charge in [0.1, 0.15) is 12.2 Å². The molecule has 0 unspecified atom stereocenters. The quantitative estimate of drug-likeness (QED) is 0.665. The van der Waals surface area contributed by atoms with Crippen molar-refractivity contribution in [3.63, 3.8) is 0 Å². The molecule has 6 nitrogen and oxygen atoms in total. The largest absolute Gasteiger partial charge is 0.490 e. The summed E-state index contributed by atoms with van der Waals surface area (Å²) < 4.78 is 33.7. The Morgan fingerprint density at radius 3 is 2.69 bits per heavy atom. The standard InChI is InChI=1S/C5H8N4.C2HF3O2/c1-2-9-5(3-6-1)7-4-8-9;3-2(4,5)1(6)7/h4,6H,1-3H2;(H,6,7). The number of carbonyl (C=O) groups is 1. The predicted octanol–water partition coefficient (Wildman–Crippen LogP) is 0.0146. The van der Waals surface area contributed by atoms with Crippen molar-refractivity contribution in [2.75, 3.05) is 6.54 Å². The molecule has 0 spiro atoms. The average Bonchev–Trinajstić information content (AvgIpc) is 2.64. The highest BCUT2D eigenvalue weighted by Crippen LogP contribution is 2.13. The Kier molecular flexibility index (Phi) is 3.82. The zero-order valence-corrected chi connectivity index (χ0v) is 8.03. The van der Waals surface area contributed by atoms with E-state index in [1.54, 1.807) is 6.33 Å². The number of alkyl halides is 3. The molecule has 1 aliphatic heterocycles.